The van der Waals surface area contributed by atoms with E-state index in [1.54, 1.807) is 11.3 Å². The Hall–Kier alpha value is -1.42. The van der Waals surface area contributed by atoms with Gasteiger partial charge in [0, 0.05) is 5.92 Å². The lowest BCUT2D eigenvalue weighted by molar-refractivity contribution is -0.120. The molecule has 3 nitrogen and oxygen atoms in total. The summed E-state index contributed by atoms with van der Waals surface area (Å²) < 4.78 is 1.14. The summed E-state index contributed by atoms with van der Waals surface area (Å²) in [5.74, 6) is 2.07. The predicted octanol–water partition coefficient (Wildman–Crippen LogP) is 3.59. The highest BCUT2D eigenvalue weighted by atomic mass is 32.1. The quantitative estimate of drug-likeness (QED) is 0.907. The summed E-state index contributed by atoms with van der Waals surface area (Å²) >= 11 is 1.57. The van der Waals surface area contributed by atoms with Crippen molar-refractivity contribution in [3.8, 4) is 0 Å². The number of aromatic nitrogens is 1. The number of thiazole rings is 1. The monoisotopic (exact) mass is 272 g/mol. The number of anilines is 1. The minimum absolute atomic E-state index is 0.169. The lowest BCUT2D eigenvalue weighted by Crippen LogP contribution is -2.21. The van der Waals surface area contributed by atoms with E-state index in [4.69, 9.17) is 0 Å². The van der Waals surface area contributed by atoms with Crippen LogP contribution in [0.1, 0.15) is 24.8 Å². The molecule has 0 radical (unpaired) electrons. The smallest absolute Gasteiger partial charge is 0.229 e. The predicted molar refractivity (Wildman–Crippen MR) is 77.3 cm³/mol. The van der Waals surface area contributed by atoms with Gasteiger partial charge in [-0.05, 0) is 55.7 Å². The van der Waals surface area contributed by atoms with Crippen LogP contribution < -0.4 is 5.32 Å². The van der Waals surface area contributed by atoms with Crippen molar-refractivity contribution in [3.63, 3.8) is 0 Å². The lowest BCUT2D eigenvalue weighted by atomic mass is 10.0. The standard InChI is InChI=1S/C15H16N2OS/c1-8-2-3-12-13(4-8)19-15(16-12)17-14(18)11-6-9-5-10(9)7-11/h2-4,9-11H,5-7H2,1H3,(H,16,17,18). The number of nitrogens with one attached hydrogen (secondary N) is 1. The Bertz CT molecular complexity index is 653. The zero-order valence-electron chi connectivity index (χ0n) is 10.8. The topological polar surface area (TPSA) is 42.0 Å². The van der Waals surface area contributed by atoms with Crippen molar-refractivity contribution in [1.29, 1.82) is 0 Å². The molecule has 4 heteroatoms. The first-order valence-electron chi connectivity index (χ1n) is 6.87. The number of hydrogen-bond donors (Lipinski definition) is 1. The Morgan fingerprint density at radius 3 is 2.89 bits per heavy atom. The van der Waals surface area contributed by atoms with Crippen molar-refractivity contribution in [1.82, 2.24) is 4.98 Å². The lowest BCUT2D eigenvalue weighted by Gasteiger charge is -2.09. The maximum absolute atomic E-state index is 12.2. The molecule has 0 aliphatic heterocycles. The Morgan fingerprint density at radius 2 is 2.11 bits per heavy atom. The number of benzene rings is 1. The molecule has 0 spiro atoms. The van der Waals surface area contributed by atoms with Crippen LogP contribution in [0.5, 0.6) is 0 Å². The zero-order valence-corrected chi connectivity index (χ0v) is 11.7. The van der Waals surface area contributed by atoms with Crippen molar-refractivity contribution in [3.05, 3.63) is 23.8 Å². The van der Waals surface area contributed by atoms with Gasteiger partial charge in [-0.2, -0.15) is 0 Å². The van der Waals surface area contributed by atoms with Crippen molar-refractivity contribution >= 4 is 32.6 Å². The van der Waals surface area contributed by atoms with E-state index in [-0.39, 0.29) is 11.8 Å². The summed E-state index contributed by atoms with van der Waals surface area (Å²) in [6.45, 7) is 2.07. The molecule has 1 N–H and O–H groups in total. The molecule has 2 aromatic rings. The van der Waals surface area contributed by atoms with Gasteiger partial charge in [0.1, 0.15) is 0 Å². The Kier molecular flexibility index (Phi) is 2.42. The normalized spacial score (nSPS) is 28.4. The number of aryl methyl sites for hydroxylation is 1. The largest absolute Gasteiger partial charge is 0.302 e. The van der Waals surface area contributed by atoms with E-state index in [1.807, 2.05) is 6.07 Å². The van der Waals surface area contributed by atoms with Gasteiger partial charge in [0.2, 0.25) is 5.91 Å². The molecule has 1 aromatic carbocycles. The number of carbonyl (C=O) groups excluding carboxylic acids is 1. The number of fused-ring (bicyclic) bond motifs is 2. The number of amides is 1. The van der Waals surface area contributed by atoms with Gasteiger partial charge < -0.3 is 5.32 Å². The molecule has 98 valence electrons. The number of nitrogens with zero attached hydrogens (tertiary/aromatic N) is 1. The summed E-state index contributed by atoms with van der Waals surface area (Å²) in [6.07, 6.45) is 3.52. The fourth-order valence-corrected chi connectivity index (χ4v) is 4.19. The molecule has 1 heterocycles. The van der Waals surface area contributed by atoms with Gasteiger partial charge >= 0.3 is 0 Å². The van der Waals surface area contributed by atoms with Gasteiger partial charge in [0.05, 0.1) is 10.2 Å². The third-order valence-corrected chi connectivity index (χ3v) is 5.32. The van der Waals surface area contributed by atoms with Crippen molar-refractivity contribution < 1.29 is 4.79 Å². The van der Waals surface area contributed by atoms with Gasteiger partial charge in [-0.1, -0.05) is 17.4 Å². The Morgan fingerprint density at radius 1 is 1.32 bits per heavy atom. The molecule has 2 atom stereocenters. The highest BCUT2D eigenvalue weighted by Crippen LogP contribution is 2.54. The molecule has 1 aromatic heterocycles. The van der Waals surface area contributed by atoms with Crippen molar-refractivity contribution in [2.45, 2.75) is 26.2 Å². The van der Waals surface area contributed by atoms with Gasteiger partial charge in [-0.25, -0.2) is 4.98 Å². The summed E-state index contributed by atoms with van der Waals surface area (Å²) in [5, 5.41) is 3.74. The van der Waals surface area contributed by atoms with Gasteiger partial charge in [-0.3, -0.25) is 4.79 Å². The molecule has 1 amide bonds. The van der Waals surface area contributed by atoms with Crippen LogP contribution in [-0.2, 0) is 4.79 Å². The van der Waals surface area contributed by atoms with Crippen LogP contribution in [0.3, 0.4) is 0 Å². The number of rotatable bonds is 2. The zero-order chi connectivity index (χ0) is 13.0. The molecule has 0 bridgehead atoms. The van der Waals surface area contributed by atoms with E-state index in [0.717, 1.165) is 40.0 Å². The molecule has 2 unspecified atom stereocenters. The van der Waals surface area contributed by atoms with E-state index in [0.29, 0.717) is 0 Å². The molecule has 2 aliphatic carbocycles. The maximum Gasteiger partial charge on any atom is 0.229 e. The average molecular weight is 272 g/mol. The summed E-state index contributed by atoms with van der Waals surface area (Å²) in [7, 11) is 0. The minimum atomic E-state index is 0.169. The Labute approximate surface area is 116 Å². The van der Waals surface area contributed by atoms with Crippen LogP contribution in [0.15, 0.2) is 18.2 Å². The van der Waals surface area contributed by atoms with Crippen LogP contribution in [0.2, 0.25) is 0 Å². The second-order valence-electron chi connectivity index (χ2n) is 5.90. The van der Waals surface area contributed by atoms with Crippen LogP contribution in [0.4, 0.5) is 5.13 Å². The molecule has 19 heavy (non-hydrogen) atoms. The molecule has 4 rings (SSSR count). The van der Waals surface area contributed by atoms with Gasteiger partial charge in [-0.15, -0.1) is 0 Å². The van der Waals surface area contributed by atoms with Gasteiger partial charge in [0.15, 0.2) is 5.13 Å². The molecule has 0 saturated heterocycles. The summed E-state index contributed by atoms with van der Waals surface area (Å²) in [5.41, 5.74) is 2.20. The second kappa shape index (κ2) is 4.04. The van der Waals surface area contributed by atoms with E-state index in [9.17, 15) is 4.79 Å². The fraction of sp³-hybridized carbons (Fsp3) is 0.467. The molecule has 2 saturated carbocycles. The maximum atomic E-state index is 12.2. The fourth-order valence-electron chi connectivity index (χ4n) is 3.22. The summed E-state index contributed by atoms with van der Waals surface area (Å²) in [6, 6.07) is 6.19. The molecular formula is C15H16N2OS. The van der Waals surface area contributed by atoms with E-state index < -0.39 is 0 Å². The third kappa shape index (κ3) is 2.04. The third-order valence-electron chi connectivity index (χ3n) is 4.39. The first kappa shape index (κ1) is 11.4. The van der Waals surface area contributed by atoms with Crippen LogP contribution in [0, 0.1) is 24.7 Å². The molecule has 2 aliphatic rings. The Balaban J connectivity index is 1.52. The number of hydrogen-bond acceptors (Lipinski definition) is 3. The molecule has 2 fully saturated rings. The van der Waals surface area contributed by atoms with Crippen molar-refractivity contribution in [2.24, 2.45) is 17.8 Å². The second-order valence-corrected chi connectivity index (χ2v) is 6.93. The van der Waals surface area contributed by atoms with Crippen LogP contribution in [0.25, 0.3) is 10.2 Å². The summed E-state index contributed by atoms with van der Waals surface area (Å²) in [4.78, 5) is 16.7. The average Bonchev–Trinajstić information content (AvgIpc) is 2.83. The highest BCUT2D eigenvalue weighted by molar-refractivity contribution is 7.22. The highest BCUT2D eigenvalue weighted by Gasteiger charge is 2.48. The van der Waals surface area contributed by atoms with E-state index in [2.05, 4.69) is 29.4 Å². The van der Waals surface area contributed by atoms with Crippen LogP contribution >= 0.6 is 11.3 Å². The van der Waals surface area contributed by atoms with Gasteiger partial charge in [0.25, 0.3) is 0 Å². The first-order chi connectivity index (χ1) is 9.19. The minimum Gasteiger partial charge on any atom is -0.302 e. The SMILES string of the molecule is Cc1ccc2nc(NC(=O)C3CC4CC4C3)sc2c1. The molecular weight excluding hydrogens is 256 g/mol. The van der Waals surface area contributed by atoms with Crippen molar-refractivity contribution in [2.75, 3.05) is 5.32 Å². The van der Waals surface area contributed by atoms with E-state index in [1.165, 1.54) is 12.0 Å². The van der Waals surface area contributed by atoms with E-state index >= 15 is 0 Å². The van der Waals surface area contributed by atoms with Crippen LogP contribution in [-0.4, -0.2) is 10.9 Å². The first-order valence-corrected chi connectivity index (χ1v) is 7.69. The number of carbonyl (C=O) groups is 1.